The number of amides is 5. The van der Waals surface area contributed by atoms with Gasteiger partial charge in [0.1, 0.15) is 18.1 Å². The first-order valence-corrected chi connectivity index (χ1v) is 13.3. The van der Waals surface area contributed by atoms with Crippen LogP contribution in [0.3, 0.4) is 0 Å². The maximum atomic E-state index is 13.0. The molecule has 1 aromatic carbocycles. The molecule has 0 aliphatic heterocycles. The summed E-state index contributed by atoms with van der Waals surface area (Å²) < 4.78 is 0. The largest absolute Gasteiger partial charge is 0.480 e. The lowest BCUT2D eigenvalue weighted by molar-refractivity contribution is -0.142. The fourth-order valence-corrected chi connectivity index (χ4v) is 4.23. The summed E-state index contributed by atoms with van der Waals surface area (Å²) in [6.07, 6.45) is 2.36. The highest BCUT2D eigenvalue weighted by Crippen LogP contribution is 2.19. The second kappa shape index (κ2) is 14.7. The smallest absolute Gasteiger partial charge is 0.326 e. The van der Waals surface area contributed by atoms with Crippen molar-refractivity contribution < 1.29 is 33.9 Å². The number of H-pyrrole nitrogens is 1. The average molecular weight is 564 g/mol. The molecular formula is C24H33N7O7S. The Morgan fingerprint density at radius 2 is 1.44 bits per heavy atom. The van der Waals surface area contributed by atoms with E-state index in [1.165, 1.54) is 11.8 Å². The Morgan fingerprint density at radius 3 is 1.97 bits per heavy atom. The zero-order valence-corrected chi connectivity index (χ0v) is 22.1. The number of nitrogens with two attached hydrogens (primary N) is 3. The lowest BCUT2D eigenvalue weighted by atomic mass is 10.0. The molecule has 0 radical (unpaired) electrons. The van der Waals surface area contributed by atoms with E-state index in [1.807, 2.05) is 18.4 Å². The Balaban J connectivity index is 2.17. The second-order valence-corrected chi connectivity index (χ2v) is 9.80. The number of carbonyl (C=O) groups is 6. The predicted molar refractivity (Wildman–Crippen MR) is 144 cm³/mol. The van der Waals surface area contributed by atoms with E-state index in [1.54, 1.807) is 18.3 Å². The normalized spacial score (nSPS) is 14.0. The first kappa shape index (κ1) is 31.1. The summed E-state index contributed by atoms with van der Waals surface area (Å²) >= 11 is 1.46. The summed E-state index contributed by atoms with van der Waals surface area (Å²) in [5.41, 5.74) is 17.7. The van der Waals surface area contributed by atoms with Crippen molar-refractivity contribution in [2.24, 2.45) is 17.2 Å². The molecule has 1 heterocycles. The van der Waals surface area contributed by atoms with Gasteiger partial charge in [0.2, 0.25) is 29.5 Å². The lowest BCUT2D eigenvalue weighted by Crippen LogP contribution is -2.58. The number of hydrogen-bond donors (Lipinski definition) is 8. The van der Waals surface area contributed by atoms with Crippen LogP contribution in [0.4, 0.5) is 0 Å². The molecule has 0 saturated heterocycles. The molecular weight excluding hydrogens is 530 g/mol. The molecule has 0 bridgehead atoms. The monoisotopic (exact) mass is 563 g/mol. The number of aliphatic carboxylic acids is 1. The van der Waals surface area contributed by atoms with E-state index >= 15 is 0 Å². The third kappa shape index (κ3) is 9.61. The average Bonchev–Trinajstić information content (AvgIpc) is 3.28. The molecule has 15 heteroatoms. The fraction of sp³-hybridized carbons (Fsp3) is 0.417. The number of benzene rings is 1. The van der Waals surface area contributed by atoms with Gasteiger partial charge >= 0.3 is 5.97 Å². The minimum atomic E-state index is -1.60. The van der Waals surface area contributed by atoms with E-state index in [-0.39, 0.29) is 6.42 Å². The maximum absolute atomic E-state index is 13.0. The minimum absolute atomic E-state index is 0.101. The van der Waals surface area contributed by atoms with Gasteiger partial charge in [0.05, 0.1) is 18.9 Å². The number of rotatable bonds is 16. The van der Waals surface area contributed by atoms with Gasteiger partial charge in [0.15, 0.2) is 0 Å². The molecule has 1 aromatic heterocycles. The van der Waals surface area contributed by atoms with Crippen LogP contribution >= 0.6 is 11.8 Å². The summed E-state index contributed by atoms with van der Waals surface area (Å²) in [5.74, 6) is -5.39. The van der Waals surface area contributed by atoms with E-state index in [9.17, 15) is 33.9 Å². The number of para-hydroxylation sites is 1. The van der Waals surface area contributed by atoms with Gasteiger partial charge in [0, 0.05) is 23.5 Å². The van der Waals surface area contributed by atoms with Crippen LogP contribution in [0.2, 0.25) is 0 Å². The van der Waals surface area contributed by atoms with Crippen LogP contribution in [0.1, 0.15) is 24.8 Å². The van der Waals surface area contributed by atoms with E-state index in [4.69, 9.17) is 17.2 Å². The summed E-state index contributed by atoms with van der Waals surface area (Å²) in [6, 6.07) is 1.70. The molecule has 0 aliphatic rings. The highest BCUT2D eigenvalue weighted by molar-refractivity contribution is 7.98. The van der Waals surface area contributed by atoms with E-state index in [0.29, 0.717) is 17.7 Å². The number of hydrogen-bond acceptors (Lipinski definition) is 8. The SMILES string of the molecule is CSCCC(N)C(=O)NC(CC(N)=O)C(=O)NC(CC(N)=O)C(=O)NC(Cc1c[nH]c2ccccc12)C(=O)O. The Kier molecular flexibility index (Phi) is 11.7. The fourth-order valence-electron chi connectivity index (χ4n) is 3.74. The van der Waals surface area contributed by atoms with Crippen molar-refractivity contribution in [1.29, 1.82) is 0 Å². The van der Waals surface area contributed by atoms with Crippen LogP contribution in [0.25, 0.3) is 10.9 Å². The molecule has 39 heavy (non-hydrogen) atoms. The van der Waals surface area contributed by atoms with Crippen molar-refractivity contribution in [3.63, 3.8) is 0 Å². The standard InChI is InChI=1S/C24H33N7O7S/c1-39-7-6-14(25)21(34)29-16(9-19(26)32)22(35)30-17(10-20(27)33)23(36)31-18(24(37)38)8-12-11-28-15-5-3-2-4-13(12)15/h2-5,11,14,16-18,28H,6-10,25H2,1H3,(H2,26,32)(H2,27,33)(H,29,34)(H,30,35)(H,31,36)(H,37,38). The molecule has 4 unspecified atom stereocenters. The Labute approximate surface area is 228 Å². The van der Waals surface area contributed by atoms with Crippen molar-refractivity contribution in [2.75, 3.05) is 12.0 Å². The zero-order valence-electron chi connectivity index (χ0n) is 21.3. The topological polar surface area (TPSA) is 253 Å². The zero-order chi connectivity index (χ0) is 29.1. The molecule has 2 aromatic rings. The molecule has 14 nitrogen and oxygen atoms in total. The van der Waals surface area contributed by atoms with Gasteiger partial charge in [-0.3, -0.25) is 24.0 Å². The summed E-state index contributed by atoms with van der Waals surface area (Å²) in [7, 11) is 0. The highest BCUT2D eigenvalue weighted by Gasteiger charge is 2.32. The number of carboxylic acids is 1. The first-order valence-electron chi connectivity index (χ1n) is 11.9. The third-order valence-electron chi connectivity index (χ3n) is 5.76. The van der Waals surface area contributed by atoms with Gasteiger partial charge in [0.25, 0.3) is 0 Å². The van der Waals surface area contributed by atoms with Crippen molar-refractivity contribution in [2.45, 2.75) is 49.9 Å². The van der Waals surface area contributed by atoms with Crippen LogP contribution in [-0.4, -0.2) is 81.8 Å². The van der Waals surface area contributed by atoms with E-state index < -0.39 is 72.5 Å². The molecule has 0 saturated carbocycles. The van der Waals surface area contributed by atoms with E-state index in [0.717, 1.165) is 10.9 Å². The number of primary amides is 2. The third-order valence-corrected chi connectivity index (χ3v) is 6.40. The molecule has 212 valence electrons. The molecule has 4 atom stereocenters. The number of carboxylic acid groups (broad SMARTS) is 1. The van der Waals surface area contributed by atoms with Crippen molar-refractivity contribution >= 4 is 58.2 Å². The first-order chi connectivity index (χ1) is 18.4. The van der Waals surface area contributed by atoms with Gasteiger partial charge < -0.3 is 43.2 Å². The van der Waals surface area contributed by atoms with Crippen LogP contribution in [-0.2, 0) is 35.2 Å². The second-order valence-electron chi connectivity index (χ2n) is 8.81. The molecule has 11 N–H and O–H groups in total. The van der Waals surface area contributed by atoms with Gasteiger partial charge in [-0.2, -0.15) is 11.8 Å². The number of nitrogens with one attached hydrogen (secondary N) is 4. The van der Waals surface area contributed by atoms with Crippen molar-refractivity contribution in [3.05, 3.63) is 36.0 Å². The van der Waals surface area contributed by atoms with Gasteiger partial charge in [-0.15, -0.1) is 0 Å². The van der Waals surface area contributed by atoms with E-state index in [2.05, 4.69) is 20.9 Å². The Hall–Kier alpha value is -4.11. The van der Waals surface area contributed by atoms with Crippen LogP contribution in [0, 0.1) is 0 Å². The quantitative estimate of drug-likeness (QED) is 0.113. The Bertz CT molecular complexity index is 1220. The number of fused-ring (bicyclic) bond motifs is 1. The van der Waals surface area contributed by atoms with Gasteiger partial charge in [-0.05, 0) is 30.1 Å². The number of carbonyl (C=O) groups excluding carboxylic acids is 5. The van der Waals surface area contributed by atoms with Crippen molar-refractivity contribution in [3.8, 4) is 0 Å². The van der Waals surface area contributed by atoms with Crippen LogP contribution in [0.5, 0.6) is 0 Å². The minimum Gasteiger partial charge on any atom is -0.480 e. The summed E-state index contributed by atoms with van der Waals surface area (Å²) in [5, 5.41) is 17.4. The van der Waals surface area contributed by atoms with Crippen LogP contribution in [0.15, 0.2) is 30.5 Å². The molecule has 5 amide bonds. The van der Waals surface area contributed by atoms with Gasteiger partial charge in [-0.1, -0.05) is 18.2 Å². The molecule has 0 spiro atoms. The molecule has 2 rings (SSSR count). The predicted octanol–water partition coefficient (Wildman–Crippen LogP) is -1.92. The van der Waals surface area contributed by atoms with Gasteiger partial charge in [-0.25, -0.2) is 4.79 Å². The molecule has 0 fully saturated rings. The number of aromatic nitrogens is 1. The highest BCUT2D eigenvalue weighted by atomic mass is 32.2. The number of thioether (sulfide) groups is 1. The summed E-state index contributed by atoms with van der Waals surface area (Å²) in [6.45, 7) is 0. The van der Waals surface area contributed by atoms with Crippen LogP contribution < -0.4 is 33.2 Å². The summed E-state index contributed by atoms with van der Waals surface area (Å²) in [4.78, 5) is 76.5. The van der Waals surface area contributed by atoms with Crippen molar-refractivity contribution in [1.82, 2.24) is 20.9 Å². The Morgan fingerprint density at radius 1 is 0.897 bits per heavy atom. The lowest BCUT2D eigenvalue weighted by Gasteiger charge is -2.24. The number of aromatic amines is 1. The molecule has 0 aliphatic carbocycles. The maximum Gasteiger partial charge on any atom is 0.326 e.